The molecule has 63 heavy (non-hydrogen) atoms. The maximum Gasteiger partial charge on any atom is 0.303 e. The molecule has 16 nitrogen and oxygen atoms in total. The zero-order valence-corrected chi connectivity index (χ0v) is 35.7. The molecule has 0 spiro atoms. The zero-order chi connectivity index (χ0) is 45.8. The largest absolute Gasteiger partial charge is 0.507 e. The second-order valence-electron chi connectivity index (χ2n) is 15.1. The van der Waals surface area contributed by atoms with Crippen molar-refractivity contribution in [1.82, 2.24) is 26.2 Å². The smallest absolute Gasteiger partial charge is 0.303 e. The Morgan fingerprint density at radius 2 is 1.60 bits per heavy atom. The van der Waals surface area contributed by atoms with Crippen LogP contribution < -0.4 is 27.0 Å². The van der Waals surface area contributed by atoms with Crippen molar-refractivity contribution in [2.75, 3.05) is 26.7 Å². The fourth-order valence-corrected chi connectivity index (χ4v) is 7.15. The normalized spacial score (nSPS) is 16.6. The molecule has 1 aliphatic rings. The van der Waals surface area contributed by atoms with Gasteiger partial charge in [0, 0.05) is 42.1 Å². The molecule has 330 valence electrons. The zero-order valence-electron chi connectivity index (χ0n) is 34.9. The van der Waals surface area contributed by atoms with Crippen molar-refractivity contribution in [2.45, 2.75) is 63.7 Å². The van der Waals surface area contributed by atoms with E-state index < -0.39 is 78.6 Å². The molecule has 4 atom stereocenters. The molecule has 7 N–H and O–H groups in total. The van der Waals surface area contributed by atoms with E-state index in [1.54, 1.807) is 48.5 Å². The Morgan fingerprint density at radius 1 is 0.921 bits per heavy atom. The van der Waals surface area contributed by atoms with Crippen LogP contribution in [0.5, 0.6) is 5.75 Å². The van der Waals surface area contributed by atoms with E-state index in [4.69, 9.17) is 22.1 Å². The van der Waals surface area contributed by atoms with Gasteiger partial charge >= 0.3 is 5.97 Å². The fourth-order valence-electron chi connectivity index (χ4n) is 7.02. The molecule has 17 heteroatoms. The van der Waals surface area contributed by atoms with Gasteiger partial charge in [0.2, 0.25) is 23.6 Å². The third-order valence-electron chi connectivity index (χ3n) is 10.5. The van der Waals surface area contributed by atoms with Crippen molar-refractivity contribution in [3.05, 3.63) is 112 Å². The lowest BCUT2D eigenvalue weighted by molar-refractivity contribution is -0.145. The quantitative estimate of drug-likeness (QED) is 0.0574. The molecule has 0 saturated heterocycles. The van der Waals surface area contributed by atoms with E-state index in [0.29, 0.717) is 36.3 Å². The summed E-state index contributed by atoms with van der Waals surface area (Å²) in [5, 5.41) is 22.3. The first-order valence-corrected chi connectivity index (χ1v) is 20.6. The number of aromatic hydroxyl groups is 1. The number of ether oxygens (including phenoxy) is 1. The number of esters is 1. The first-order valence-electron chi connectivity index (χ1n) is 20.2. The van der Waals surface area contributed by atoms with Crippen molar-refractivity contribution < 1.29 is 48.2 Å². The number of rotatable bonds is 15. The molecule has 0 fully saturated rings. The maximum absolute atomic E-state index is 14.6. The van der Waals surface area contributed by atoms with E-state index >= 15 is 0 Å². The van der Waals surface area contributed by atoms with E-state index in [0.717, 1.165) is 23.0 Å². The Labute approximate surface area is 368 Å². The molecule has 0 radical (unpaired) electrons. The van der Waals surface area contributed by atoms with E-state index in [-0.39, 0.29) is 46.4 Å². The Hall–Kier alpha value is -6.91. The topological polar surface area (TPSA) is 243 Å². The highest BCUT2D eigenvalue weighted by Crippen LogP contribution is 2.36. The number of unbranched alkanes of at least 4 members (excludes halogenated alkanes) is 1. The van der Waals surface area contributed by atoms with Gasteiger partial charge in [0.05, 0.1) is 6.54 Å². The van der Waals surface area contributed by atoms with Crippen molar-refractivity contribution in [1.29, 1.82) is 0 Å². The molecular formula is C46H49ClN6O10. The number of amides is 5. The lowest BCUT2D eigenvalue weighted by atomic mass is 9.91. The number of likely N-dealkylation sites (N-methyl/N-ethyl adjacent to an activating group) is 1. The number of benzene rings is 4. The maximum atomic E-state index is 14.6. The Kier molecular flexibility index (Phi) is 16.3. The highest BCUT2D eigenvalue weighted by Gasteiger charge is 2.36. The minimum absolute atomic E-state index is 0.121. The predicted octanol–water partition coefficient (Wildman–Crippen LogP) is 3.41. The first-order chi connectivity index (χ1) is 30.1. The van der Waals surface area contributed by atoms with Gasteiger partial charge in [-0.1, -0.05) is 60.1 Å². The van der Waals surface area contributed by atoms with Gasteiger partial charge in [-0.15, -0.1) is 0 Å². The number of hydrogen-bond donors (Lipinski definition) is 6. The standard InChI is InChI=1S/C46H49ClN6O10/c1-26-42(58)52-39(44(60)49-23-35(56)25-63-27(2)55)21-28-7-8-33(24-54)36(20-28)37-22-32(15-18-40(37)57)41(45(61)50-26)53(3)46(62)38(6-4-5-19-48)51-43(59)31-11-9-29(10-12-31)30-13-16-34(47)17-14-30/h7-18,20,22,24,26,38-39,41,57H,4-6,19,21,23,25,48H2,1-3H3,(H,49,60)(H,50,61)(H,51,59)(H,52,58). The summed E-state index contributed by atoms with van der Waals surface area (Å²) in [5.74, 6) is -5.16. The van der Waals surface area contributed by atoms with E-state index in [1.807, 2.05) is 12.1 Å². The van der Waals surface area contributed by atoms with Gasteiger partial charge in [-0.05, 0) is 96.9 Å². The van der Waals surface area contributed by atoms with E-state index in [2.05, 4.69) is 21.3 Å². The van der Waals surface area contributed by atoms with Crippen LogP contribution >= 0.6 is 11.6 Å². The molecule has 0 saturated carbocycles. The molecule has 4 aromatic rings. The van der Waals surface area contributed by atoms with Gasteiger partial charge in [-0.3, -0.25) is 38.4 Å². The second kappa shape index (κ2) is 21.7. The minimum Gasteiger partial charge on any atom is -0.507 e. The third-order valence-corrected chi connectivity index (χ3v) is 10.7. The van der Waals surface area contributed by atoms with Crippen LogP contribution in [0.1, 0.15) is 71.0 Å². The molecule has 1 heterocycles. The van der Waals surface area contributed by atoms with E-state index in [1.165, 1.54) is 38.2 Å². The lowest BCUT2D eigenvalue weighted by Gasteiger charge is -2.32. The van der Waals surface area contributed by atoms with Crippen molar-refractivity contribution >= 4 is 59.2 Å². The van der Waals surface area contributed by atoms with Gasteiger partial charge in [0.1, 0.15) is 29.9 Å². The van der Waals surface area contributed by atoms with E-state index in [9.17, 15) is 43.5 Å². The number of carbonyl (C=O) groups excluding carboxylic acids is 8. The van der Waals surface area contributed by atoms with Crippen LogP contribution in [0.2, 0.25) is 5.02 Å². The summed E-state index contributed by atoms with van der Waals surface area (Å²) in [7, 11) is 1.37. The van der Waals surface area contributed by atoms with Crippen LogP contribution in [0.15, 0.2) is 84.9 Å². The summed E-state index contributed by atoms with van der Waals surface area (Å²) in [6.07, 6.45) is 1.58. The summed E-state index contributed by atoms with van der Waals surface area (Å²) < 4.78 is 4.70. The summed E-state index contributed by atoms with van der Waals surface area (Å²) in [5.41, 5.74) is 8.90. The number of phenols is 1. The first kappa shape index (κ1) is 47.1. The summed E-state index contributed by atoms with van der Waals surface area (Å²) >= 11 is 6.04. The molecule has 1 aliphatic heterocycles. The summed E-state index contributed by atoms with van der Waals surface area (Å²) in [6, 6.07) is 17.6. The van der Waals surface area contributed by atoms with Gasteiger partial charge in [-0.2, -0.15) is 0 Å². The van der Waals surface area contributed by atoms with Crippen LogP contribution in [0.3, 0.4) is 0 Å². The number of nitrogens with zero attached hydrogens (tertiary/aromatic N) is 1. The number of carbonyl (C=O) groups is 8. The molecular weight excluding hydrogens is 832 g/mol. The third kappa shape index (κ3) is 12.4. The Balaban J connectivity index is 1.48. The average molecular weight is 881 g/mol. The van der Waals surface area contributed by atoms with Crippen molar-refractivity contribution in [2.24, 2.45) is 5.73 Å². The Morgan fingerprint density at radius 3 is 2.25 bits per heavy atom. The van der Waals surface area contributed by atoms with Gasteiger partial charge < -0.3 is 41.7 Å². The van der Waals surface area contributed by atoms with Crippen LogP contribution in [-0.2, 0) is 39.9 Å². The predicted molar refractivity (Wildman–Crippen MR) is 233 cm³/mol. The summed E-state index contributed by atoms with van der Waals surface area (Å²) in [6.45, 7) is 1.74. The molecule has 0 aromatic heterocycles. The minimum atomic E-state index is -1.46. The monoisotopic (exact) mass is 880 g/mol. The number of Topliss-reactive ketones (excluding diaryl/α,β-unsaturated/α-hetero) is 1. The van der Waals surface area contributed by atoms with Gasteiger partial charge in [0.25, 0.3) is 5.91 Å². The number of ketones is 1. The van der Waals surface area contributed by atoms with Gasteiger partial charge in [0.15, 0.2) is 18.7 Å². The van der Waals surface area contributed by atoms with Gasteiger partial charge in [-0.25, -0.2) is 0 Å². The van der Waals surface area contributed by atoms with Crippen LogP contribution in [0.25, 0.3) is 22.3 Å². The number of hydrogen-bond acceptors (Lipinski definition) is 11. The lowest BCUT2D eigenvalue weighted by Crippen LogP contribution is -2.56. The van der Waals surface area contributed by atoms with Crippen molar-refractivity contribution in [3.8, 4) is 28.0 Å². The number of fused-ring (bicyclic) bond motifs is 5. The van der Waals surface area contributed by atoms with Crippen LogP contribution in [-0.4, -0.2) is 102 Å². The highest BCUT2D eigenvalue weighted by atomic mass is 35.5. The number of nitrogens with one attached hydrogen (secondary N) is 4. The molecule has 5 amide bonds. The van der Waals surface area contributed by atoms with Crippen LogP contribution in [0.4, 0.5) is 0 Å². The number of nitrogens with two attached hydrogens (primary N) is 1. The highest BCUT2D eigenvalue weighted by molar-refractivity contribution is 6.30. The molecule has 5 rings (SSSR count). The fraction of sp³-hybridized carbons (Fsp3) is 0.304. The number of aldehydes is 1. The Bertz CT molecular complexity index is 2370. The molecule has 4 bridgehead atoms. The average Bonchev–Trinajstić information content (AvgIpc) is 3.27. The van der Waals surface area contributed by atoms with Crippen molar-refractivity contribution in [3.63, 3.8) is 0 Å². The van der Waals surface area contributed by atoms with Crippen LogP contribution in [0, 0.1) is 0 Å². The number of halogens is 1. The number of phenolic OH excluding ortho intramolecular Hbond substituents is 1. The molecule has 4 aromatic carbocycles. The summed E-state index contributed by atoms with van der Waals surface area (Å²) in [4.78, 5) is 107. The molecule has 4 unspecified atom stereocenters. The SMILES string of the molecule is CC(=O)OCC(=O)CNC(=O)C1Cc2ccc(C=O)c(c2)-c2cc(ccc2O)C(N(C)C(=O)C(CCCCN)NC(=O)c2ccc(-c3ccc(Cl)cc3)cc2)C(=O)NC(C)C(=O)N1. The second-order valence-corrected chi connectivity index (χ2v) is 15.5. The molecule has 0 aliphatic carbocycles.